The van der Waals surface area contributed by atoms with Gasteiger partial charge in [0.05, 0.1) is 0 Å². The summed E-state index contributed by atoms with van der Waals surface area (Å²) in [5, 5.41) is 0. The van der Waals surface area contributed by atoms with E-state index in [4.69, 9.17) is 5.73 Å². The summed E-state index contributed by atoms with van der Waals surface area (Å²) in [6, 6.07) is 13.5. The van der Waals surface area contributed by atoms with Gasteiger partial charge in [0, 0.05) is 24.8 Å². The van der Waals surface area contributed by atoms with Crippen LogP contribution in [-0.2, 0) is 19.4 Å². The molecule has 1 atom stereocenters. The molecule has 0 radical (unpaired) electrons. The number of hydrogen-bond acceptors (Lipinski definition) is 2. The molecule has 0 amide bonds. The molecule has 2 aromatic rings. The highest BCUT2D eigenvalue weighted by Gasteiger charge is 2.22. The van der Waals surface area contributed by atoms with E-state index in [-0.39, 0.29) is 5.82 Å². The van der Waals surface area contributed by atoms with Gasteiger partial charge in [-0.05, 0) is 48.6 Å². The fraction of sp³-hybridized carbons (Fsp3) is 0.333. The molecule has 0 bridgehead atoms. The average molecular weight is 284 g/mol. The van der Waals surface area contributed by atoms with Crippen molar-refractivity contribution in [2.24, 2.45) is 0 Å². The van der Waals surface area contributed by atoms with Crippen LogP contribution in [0.3, 0.4) is 0 Å². The number of fused-ring (bicyclic) bond motifs is 1. The Morgan fingerprint density at radius 3 is 2.81 bits per heavy atom. The van der Waals surface area contributed by atoms with Crippen LogP contribution in [0.25, 0.3) is 0 Å². The third kappa shape index (κ3) is 2.93. The number of halogens is 1. The van der Waals surface area contributed by atoms with Crippen LogP contribution in [0.4, 0.5) is 10.1 Å². The number of anilines is 1. The number of rotatable bonds is 3. The molecule has 0 saturated heterocycles. The van der Waals surface area contributed by atoms with E-state index < -0.39 is 0 Å². The largest absolute Gasteiger partial charge is 0.398 e. The molecular formula is C18H21FN2. The Balaban J connectivity index is 1.74. The quantitative estimate of drug-likeness (QED) is 0.875. The van der Waals surface area contributed by atoms with Crippen molar-refractivity contribution in [3.63, 3.8) is 0 Å². The summed E-state index contributed by atoms with van der Waals surface area (Å²) in [4.78, 5) is 2.39. The van der Waals surface area contributed by atoms with E-state index in [0.717, 1.165) is 37.2 Å². The van der Waals surface area contributed by atoms with E-state index in [1.165, 1.54) is 17.2 Å². The highest BCUT2D eigenvalue weighted by atomic mass is 19.1. The van der Waals surface area contributed by atoms with Crippen molar-refractivity contribution in [3.05, 3.63) is 65.0 Å². The second kappa shape index (κ2) is 5.86. The molecule has 110 valence electrons. The molecule has 1 unspecified atom stereocenters. The van der Waals surface area contributed by atoms with Crippen LogP contribution < -0.4 is 5.73 Å². The van der Waals surface area contributed by atoms with E-state index >= 15 is 0 Å². The third-order valence-electron chi connectivity index (χ3n) is 4.44. The minimum absolute atomic E-state index is 0.110. The number of nitrogens with two attached hydrogens (primary N) is 1. The Morgan fingerprint density at radius 1 is 1.19 bits per heavy atom. The maximum Gasteiger partial charge on any atom is 0.126 e. The number of benzene rings is 2. The average Bonchev–Trinajstić information content (AvgIpc) is 2.50. The summed E-state index contributed by atoms with van der Waals surface area (Å²) in [7, 11) is 0. The molecule has 0 aliphatic carbocycles. The maximum absolute atomic E-state index is 13.8. The first-order chi connectivity index (χ1) is 10.1. The highest BCUT2D eigenvalue weighted by Crippen LogP contribution is 2.26. The molecule has 2 nitrogen and oxygen atoms in total. The lowest BCUT2D eigenvalue weighted by molar-refractivity contribution is 0.189. The summed E-state index contributed by atoms with van der Waals surface area (Å²) in [5.41, 5.74) is 10.3. The van der Waals surface area contributed by atoms with E-state index in [1.54, 1.807) is 6.07 Å². The highest BCUT2D eigenvalue weighted by molar-refractivity contribution is 5.51. The zero-order valence-electron chi connectivity index (χ0n) is 12.3. The minimum atomic E-state index is -0.110. The van der Waals surface area contributed by atoms with Crippen LogP contribution in [0.2, 0.25) is 0 Å². The predicted octanol–water partition coefficient (Wildman–Crippen LogP) is 3.40. The van der Waals surface area contributed by atoms with Gasteiger partial charge in [0.15, 0.2) is 0 Å². The van der Waals surface area contributed by atoms with Crippen LogP contribution in [-0.4, -0.2) is 17.5 Å². The van der Waals surface area contributed by atoms with Crippen LogP contribution in [0, 0.1) is 5.82 Å². The first-order valence-corrected chi connectivity index (χ1v) is 7.49. The first-order valence-electron chi connectivity index (χ1n) is 7.49. The SMILES string of the molecule is CC(Cc1ccccc1F)N1CCc2cccc(N)c2C1. The molecule has 2 N–H and O–H groups in total. The van der Waals surface area contributed by atoms with Gasteiger partial charge < -0.3 is 5.73 Å². The molecule has 1 aliphatic heterocycles. The fourth-order valence-electron chi connectivity index (χ4n) is 3.12. The summed E-state index contributed by atoms with van der Waals surface area (Å²) in [5.74, 6) is -0.110. The molecule has 0 fully saturated rings. The number of hydrogen-bond donors (Lipinski definition) is 1. The second-order valence-electron chi connectivity index (χ2n) is 5.85. The topological polar surface area (TPSA) is 29.3 Å². The van der Waals surface area contributed by atoms with Gasteiger partial charge in [0.2, 0.25) is 0 Å². The van der Waals surface area contributed by atoms with Crippen molar-refractivity contribution >= 4 is 5.69 Å². The summed E-state index contributed by atoms with van der Waals surface area (Å²) in [6.45, 7) is 4.03. The van der Waals surface area contributed by atoms with Gasteiger partial charge in [-0.25, -0.2) is 4.39 Å². The van der Waals surface area contributed by atoms with E-state index in [2.05, 4.69) is 17.9 Å². The monoisotopic (exact) mass is 284 g/mol. The predicted molar refractivity (Wildman–Crippen MR) is 84.5 cm³/mol. The van der Waals surface area contributed by atoms with Crippen LogP contribution in [0.5, 0.6) is 0 Å². The van der Waals surface area contributed by atoms with E-state index in [9.17, 15) is 4.39 Å². The van der Waals surface area contributed by atoms with Crippen molar-refractivity contribution in [3.8, 4) is 0 Å². The molecule has 3 heteroatoms. The molecule has 1 aliphatic rings. The Hall–Kier alpha value is -1.87. The standard InChI is InChI=1S/C18H21FN2/c1-13(11-15-5-2-3-7-17(15)19)21-10-9-14-6-4-8-18(20)16(14)12-21/h2-8,13H,9-12,20H2,1H3. The van der Waals surface area contributed by atoms with E-state index in [0.29, 0.717) is 6.04 Å². The first kappa shape index (κ1) is 14.1. The summed E-state index contributed by atoms with van der Waals surface area (Å²) < 4.78 is 13.8. The van der Waals surface area contributed by atoms with Crippen molar-refractivity contribution in [1.29, 1.82) is 0 Å². The van der Waals surface area contributed by atoms with Crippen LogP contribution in [0.15, 0.2) is 42.5 Å². The van der Waals surface area contributed by atoms with Crippen LogP contribution >= 0.6 is 0 Å². The summed E-state index contributed by atoms with van der Waals surface area (Å²) in [6.07, 6.45) is 1.75. The Morgan fingerprint density at radius 2 is 2.00 bits per heavy atom. The fourth-order valence-corrected chi connectivity index (χ4v) is 3.12. The lowest BCUT2D eigenvalue weighted by Crippen LogP contribution is -2.39. The zero-order chi connectivity index (χ0) is 14.8. The van der Waals surface area contributed by atoms with Gasteiger partial charge in [-0.2, -0.15) is 0 Å². The van der Waals surface area contributed by atoms with Crippen molar-refractivity contribution in [1.82, 2.24) is 4.90 Å². The smallest absolute Gasteiger partial charge is 0.126 e. The molecule has 3 rings (SSSR count). The van der Waals surface area contributed by atoms with Gasteiger partial charge in [0.1, 0.15) is 5.82 Å². The molecule has 2 aromatic carbocycles. The number of nitrogen functional groups attached to an aromatic ring is 1. The Labute approximate surface area is 125 Å². The molecular weight excluding hydrogens is 263 g/mol. The summed E-state index contributed by atoms with van der Waals surface area (Å²) >= 11 is 0. The maximum atomic E-state index is 13.8. The van der Waals surface area contributed by atoms with Crippen molar-refractivity contribution < 1.29 is 4.39 Å². The molecule has 1 heterocycles. The Bertz CT molecular complexity index is 639. The number of nitrogens with zero attached hydrogens (tertiary/aromatic N) is 1. The van der Waals surface area contributed by atoms with Crippen molar-refractivity contribution in [2.75, 3.05) is 12.3 Å². The zero-order valence-corrected chi connectivity index (χ0v) is 12.3. The van der Waals surface area contributed by atoms with Gasteiger partial charge in [-0.1, -0.05) is 30.3 Å². The minimum Gasteiger partial charge on any atom is -0.398 e. The molecule has 0 aromatic heterocycles. The lowest BCUT2D eigenvalue weighted by Gasteiger charge is -2.34. The van der Waals surface area contributed by atoms with Crippen LogP contribution in [0.1, 0.15) is 23.6 Å². The molecule has 0 saturated carbocycles. The van der Waals surface area contributed by atoms with Crippen molar-refractivity contribution in [2.45, 2.75) is 32.4 Å². The molecule has 21 heavy (non-hydrogen) atoms. The van der Waals surface area contributed by atoms with Gasteiger partial charge in [0.25, 0.3) is 0 Å². The van der Waals surface area contributed by atoms with E-state index in [1.807, 2.05) is 24.3 Å². The lowest BCUT2D eigenvalue weighted by atomic mass is 9.96. The van der Waals surface area contributed by atoms with Gasteiger partial charge >= 0.3 is 0 Å². The molecule has 0 spiro atoms. The van der Waals surface area contributed by atoms with Gasteiger partial charge in [-0.3, -0.25) is 4.90 Å². The third-order valence-corrected chi connectivity index (χ3v) is 4.44. The van der Waals surface area contributed by atoms with Gasteiger partial charge in [-0.15, -0.1) is 0 Å². The second-order valence-corrected chi connectivity index (χ2v) is 5.85. The Kier molecular flexibility index (Phi) is 3.93. The normalized spacial score (nSPS) is 16.5.